The van der Waals surface area contributed by atoms with Crippen molar-refractivity contribution >= 4 is 46.0 Å². The van der Waals surface area contributed by atoms with Crippen molar-refractivity contribution in [3.8, 4) is 10.6 Å². The van der Waals surface area contributed by atoms with Crippen molar-refractivity contribution in [2.24, 2.45) is 5.92 Å². The van der Waals surface area contributed by atoms with Gasteiger partial charge in [-0.1, -0.05) is 36.2 Å². The number of rotatable bonds is 5. The zero-order chi connectivity index (χ0) is 22.9. The lowest BCUT2D eigenvalue weighted by atomic mass is 9.89. The molecule has 0 radical (unpaired) electrons. The van der Waals surface area contributed by atoms with Crippen LogP contribution in [0.3, 0.4) is 0 Å². The molecule has 1 unspecified atom stereocenters. The maximum atomic E-state index is 13.8. The summed E-state index contributed by atoms with van der Waals surface area (Å²) < 4.78 is 5.82. The molecule has 170 valence electrons. The molecule has 2 aromatic heterocycles. The monoisotopic (exact) mass is 480 g/mol. The van der Waals surface area contributed by atoms with Gasteiger partial charge in [-0.3, -0.25) is 4.79 Å². The fourth-order valence-electron chi connectivity index (χ4n) is 4.51. The number of thiazole rings is 1. The quantitative estimate of drug-likeness (QED) is 0.364. The fourth-order valence-corrected chi connectivity index (χ4v) is 5.36. The summed E-state index contributed by atoms with van der Waals surface area (Å²) in [5.41, 5.74) is 4.05. The number of carbonyl (C=O) groups is 1. The Bertz CT molecular complexity index is 1290. The zero-order valence-electron chi connectivity index (χ0n) is 18.5. The van der Waals surface area contributed by atoms with Crippen LogP contribution in [0.2, 0.25) is 5.02 Å². The molecule has 6 nitrogen and oxygen atoms in total. The number of halogens is 1. The van der Waals surface area contributed by atoms with Crippen LogP contribution in [0.1, 0.15) is 35.7 Å². The highest BCUT2D eigenvalue weighted by Gasteiger charge is 2.33. The first-order valence-electron chi connectivity index (χ1n) is 11.1. The van der Waals surface area contributed by atoms with Gasteiger partial charge in [0.15, 0.2) is 5.58 Å². The van der Waals surface area contributed by atoms with Crippen molar-refractivity contribution in [2.45, 2.75) is 32.7 Å². The van der Waals surface area contributed by atoms with Crippen molar-refractivity contribution < 1.29 is 9.21 Å². The van der Waals surface area contributed by atoms with E-state index in [0.717, 1.165) is 35.5 Å². The number of benzene rings is 2. The lowest BCUT2D eigenvalue weighted by Gasteiger charge is -2.40. The normalized spacial score (nSPS) is 18.6. The molecule has 1 N–H and O–H groups in total. The third-order valence-electron chi connectivity index (χ3n) is 6.26. The molecule has 1 aliphatic rings. The van der Waals surface area contributed by atoms with E-state index in [-0.39, 0.29) is 11.9 Å². The van der Waals surface area contributed by atoms with E-state index in [2.05, 4.69) is 22.2 Å². The SMILES string of the molecule is Cc1ccc(-c2nccs2)c(C(=O)N2CCC[C@@H](C)C2CNc2nc3cc(Cl)ccc3o2)c1. The maximum Gasteiger partial charge on any atom is 0.295 e. The summed E-state index contributed by atoms with van der Waals surface area (Å²) in [7, 11) is 0. The van der Waals surface area contributed by atoms with Crippen molar-refractivity contribution in [1.29, 1.82) is 0 Å². The minimum atomic E-state index is 0.0227. The Morgan fingerprint density at radius 3 is 3.00 bits per heavy atom. The number of aryl methyl sites for hydroxylation is 1. The third kappa shape index (κ3) is 4.48. The molecule has 4 aromatic rings. The topological polar surface area (TPSA) is 71.3 Å². The molecule has 0 spiro atoms. The molecule has 1 fully saturated rings. The van der Waals surface area contributed by atoms with Crippen molar-refractivity contribution in [2.75, 3.05) is 18.4 Å². The minimum Gasteiger partial charge on any atom is -0.424 e. The lowest BCUT2D eigenvalue weighted by molar-refractivity contribution is 0.0540. The van der Waals surface area contributed by atoms with E-state index in [1.807, 2.05) is 41.5 Å². The highest BCUT2D eigenvalue weighted by molar-refractivity contribution is 7.13. The number of anilines is 1. The van der Waals surface area contributed by atoms with Crippen LogP contribution >= 0.6 is 22.9 Å². The molecule has 5 rings (SSSR count). The highest BCUT2D eigenvalue weighted by Crippen LogP contribution is 2.31. The summed E-state index contributed by atoms with van der Waals surface area (Å²) in [4.78, 5) is 24.8. The van der Waals surface area contributed by atoms with E-state index in [0.29, 0.717) is 40.2 Å². The number of hydrogen-bond donors (Lipinski definition) is 1. The van der Waals surface area contributed by atoms with Crippen LogP contribution in [-0.4, -0.2) is 39.9 Å². The van der Waals surface area contributed by atoms with E-state index in [9.17, 15) is 4.79 Å². The second kappa shape index (κ2) is 9.15. The van der Waals surface area contributed by atoms with Gasteiger partial charge < -0.3 is 14.6 Å². The molecule has 2 aromatic carbocycles. The molecular formula is C25H25ClN4O2S. The molecule has 1 amide bonds. The summed E-state index contributed by atoms with van der Waals surface area (Å²) in [6.07, 6.45) is 3.84. The van der Waals surface area contributed by atoms with Crippen LogP contribution in [0.25, 0.3) is 21.7 Å². The number of nitrogens with one attached hydrogen (secondary N) is 1. The zero-order valence-corrected chi connectivity index (χ0v) is 20.1. The number of amides is 1. The number of likely N-dealkylation sites (tertiary alicyclic amines) is 1. The van der Waals surface area contributed by atoms with E-state index in [1.165, 1.54) is 0 Å². The summed E-state index contributed by atoms with van der Waals surface area (Å²) in [6, 6.07) is 11.9. The predicted octanol–water partition coefficient (Wildman–Crippen LogP) is 6.27. The smallest absolute Gasteiger partial charge is 0.295 e. The van der Waals surface area contributed by atoms with Gasteiger partial charge in [0, 0.05) is 35.3 Å². The number of nitrogens with zero attached hydrogens (tertiary/aromatic N) is 3. The highest BCUT2D eigenvalue weighted by atomic mass is 35.5. The van der Waals surface area contributed by atoms with Crippen molar-refractivity contribution in [1.82, 2.24) is 14.9 Å². The number of fused-ring (bicyclic) bond motifs is 1. The summed E-state index contributed by atoms with van der Waals surface area (Å²) in [5.74, 6) is 0.397. The molecule has 0 saturated carbocycles. The second-order valence-electron chi connectivity index (χ2n) is 8.58. The Morgan fingerprint density at radius 2 is 2.18 bits per heavy atom. The van der Waals surface area contributed by atoms with E-state index >= 15 is 0 Å². The first kappa shape index (κ1) is 21.9. The number of hydrogen-bond acceptors (Lipinski definition) is 6. The van der Waals surface area contributed by atoms with Crippen molar-refractivity contribution in [3.05, 3.63) is 64.1 Å². The van der Waals surface area contributed by atoms with Crippen molar-refractivity contribution in [3.63, 3.8) is 0 Å². The molecule has 0 bridgehead atoms. The van der Waals surface area contributed by atoms with Crippen LogP contribution in [0, 0.1) is 12.8 Å². The number of aromatic nitrogens is 2. The Morgan fingerprint density at radius 1 is 1.30 bits per heavy atom. The summed E-state index contributed by atoms with van der Waals surface area (Å²) in [6.45, 7) is 5.51. The lowest BCUT2D eigenvalue weighted by Crippen LogP contribution is -2.51. The van der Waals surface area contributed by atoms with Gasteiger partial charge in [-0.05, 0) is 49.9 Å². The number of carbonyl (C=O) groups excluding carboxylic acids is 1. The van der Waals surface area contributed by atoms with Crippen LogP contribution in [0.15, 0.2) is 52.4 Å². The summed E-state index contributed by atoms with van der Waals surface area (Å²) >= 11 is 7.62. The fraction of sp³-hybridized carbons (Fsp3) is 0.320. The number of piperidine rings is 1. The molecule has 8 heteroatoms. The predicted molar refractivity (Wildman–Crippen MR) is 133 cm³/mol. The molecule has 1 saturated heterocycles. The van der Waals surface area contributed by atoms with Gasteiger partial charge in [-0.15, -0.1) is 11.3 Å². The Balaban J connectivity index is 1.40. The average molecular weight is 481 g/mol. The molecule has 33 heavy (non-hydrogen) atoms. The molecule has 0 aliphatic carbocycles. The van der Waals surface area contributed by atoms with E-state index in [1.54, 1.807) is 29.7 Å². The van der Waals surface area contributed by atoms with Crippen LogP contribution in [-0.2, 0) is 0 Å². The van der Waals surface area contributed by atoms with E-state index < -0.39 is 0 Å². The van der Waals surface area contributed by atoms with Gasteiger partial charge in [-0.25, -0.2) is 4.98 Å². The van der Waals surface area contributed by atoms with Crippen LogP contribution in [0.4, 0.5) is 6.01 Å². The molecule has 1 aliphatic heterocycles. The maximum absolute atomic E-state index is 13.8. The molecule has 3 heterocycles. The minimum absolute atomic E-state index is 0.0227. The van der Waals surface area contributed by atoms with Gasteiger partial charge in [0.2, 0.25) is 0 Å². The van der Waals surface area contributed by atoms with Crippen LogP contribution < -0.4 is 5.32 Å². The number of oxazole rings is 1. The molecular weight excluding hydrogens is 456 g/mol. The molecule has 2 atom stereocenters. The van der Waals surface area contributed by atoms with Gasteiger partial charge in [-0.2, -0.15) is 4.98 Å². The largest absolute Gasteiger partial charge is 0.424 e. The second-order valence-corrected chi connectivity index (χ2v) is 9.91. The van der Waals surface area contributed by atoms with Gasteiger partial charge in [0.25, 0.3) is 11.9 Å². The van der Waals surface area contributed by atoms with Gasteiger partial charge in [0.05, 0.1) is 11.6 Å². The summed E-state index contributed by atoms with van der Waals surface area (Å²) in [5, 5.41) is 6.74. The van der Waals surface area contributed by atoms with E-state index in [4.69, 9.17) is 16.0 Å². The standard InChI is InChI=1S/C25H25ClN4O2S/c1-15-5-7-18(23-27-9-11-33-23)19(12-15)24(31)30-10-3-4-16(2)21(30)14-28-25-29-20-13-17(26)6-8-22(20)32-25/h5-9,11-13,16,21H,3-4,10,14H2,1-2H3,(H,28,29)/t16-,21?/m1/s1. The van der Waals surface area contributed by atoms with Gasteiger partial charge >= 0.3 is 0 Å². The Hall–Kier alpha value is -2.90. The first-order valence-corrected chi connectivity index (χ1v) is 12.4. The first-order chi connectivity index (χ1) is 16.0. The Labute approximate surface area is 201 Å². The van der Waals surface area contributed by atoms with Gasteiger partial charge in [0.1, 0.15) is 10.5 Å². The average Bonchev–Trinajstić information content (AvgIpc) is 3.47. The van der Waals surface area contributed by atoms with Crippen LogP contribution in [0.5, 0.6) is 0 Å². The Kier molecular flexibility index (Phi) is 6.08. The third-order valence-corrected chi connectivity index (χ3v) is 7.30.